The number of nitrogens with one attached hydrogen (secondary N) is 1. The zero-order valence-electron chi connectivity index (χ0n) is 7.71. The van der Waals surface area contributed by atoms with E-state index in [4.69, 9.17) is 0 Å². The van der Waals surface area contributed by atoms with E-state index in [1.807, 2.05) is 6.20 Å². The zero-order valence-corrected chi connectivity index (χ0v) is 7.71. The number of hydrogen-bond donors (Lipinski definition) is 1. The Kier molecular flexibility index (Phi) is 2.04. The molecule has 0 saturated carbocycles. The van der Waals surface area contributed by atoms with Crippen molar-refractivity contribution in [1.29, 1.82) is 0 Å². The molecular weight excluding hydrogens is 166 g/mol. The van der Waals surface area contributed by atoms with Gasteiger partial charge >= 0.3 is 0 Å². The summed E-state index contributed by atoms with van der Waals surface area (Å²) in [6.45, 7) is 1.50. The van der Waals surface area contributed by atoms with Crippen LogP contribution in [0.25, 0.3) is 0 Å². The molecule has 2 rings (SSSR count). The highest BCUT2D eigenvalue weighted by Crippen LogP contribution is 2.19. The second kappa shape index (κ2) is 3.20. The second-order valence-corrected chi connectivity index (χ2v) is 3.40. The van der Waals surface area contributed by atoms with E-state index in [2.05, 4.69) is 10.5 Å². The number of amides is 1. The molecule has 1 aromatic heterocycles. The smallest absolute Gasteiger partial charge is 0.236 e. The van der Waals surface area contributed by atoms with E-state index in [1.165, 1.54) is 31.0 Å². The van der Waals surface area contributed by atoms with E-state index in [9.17, 15) is 4.79 Å². The number of aryl methyl sites for hydroxylation is 1. The Labute approximate surface area is 76.9 Å². The maximum atomic E-state index is 10.8. The molecule has 0 fully saturated rings. The summed E-state index contributed by atoms with van der Waals surface area (Å²) in [6.07, 6.45) is 6.39. The first-order chi connectivity index (χ1) is 6.27. The Morgan fingerprint density at radius 1 is 1.54 bits per heavy atom. The molecule has 0 radical (unpaired) electrons. The molecule has 70 valence electrons. The molecule has 4 heteroatoms. The third-order valence-corrected chi connectivity index (χ3v) is 2.33. The van der Waals surface area contributed by atoms with Crippen LogP contribution in [0.1, 0.15) is 31.0 Å². The third kappa shape index (κ3) is 1.56. The number of aromatic nitrogens is 2. The fraction of sp³-hybridized carbons (Fsp3) is 0.556. The Hall–Kier alpha value is -1.32. The van der Waals surface area contributed by atoms with Gasteiger partial charge in [-0.2, -0.15) is 9.89 Å². The molecule has 0 unspecified atom stereocenters. The van der Waals surface area contributed by atoms with Gasteiger partial charge in [0, 0.05) is 6.92 Å². The van der Waals surface area contributed by atoms with Crippen molar-refractivity contribution in [3.8, 4) is 0 Å². The molecule has 0 aromatic carbocycles. The Morgan fingerprint density at radius 2 is 2.31 bits per heavy atom. The molecule has 1 aromatic rings. The fourth-order valence-corrected chi connectivity index (χ4v) is 1.74. The Morgan fingerprint density at radius 3 is 3.08 bits per heavy atom. The van der Waals surface area contributed by atoms with Gasteiger partial charge in [0.25, 0.3) is 0 Å². The highest BCUT2D eigenvalue weighted by atomic mass is 16.2. The molecular formula is C9H13N3O. The average molecular weight is 179 g/mol. The van der Waals surface area contributed by atoms with Gasteiger partial charge in [-0.25, -0.2) is 5.43 Å². The number of hydrogen-bond acceptors (Lipinski definition) is 2. The molecule has 0 atom stereocenters. The molecule has 1 heterocycles. The van der Waals surface area contributed by atoms with Crippen molar-refractivity contribution in [3.05, 3.63) is 17.5 Å². The van der Waals surface area contributed by atoms with Crippen LogP contribution in [-0.4, -0.2) is 15.8 Å². The Bertz CT molecular complexity index is 330. The van der Waals surface area contributed by atoms with Crippen molar-refractivity contribution in [1.82, 2.24) is 9.89 Å². The van der Waals surface area contributed by atoms with Crippen LogP contribution in [-0.2, 0) is 17.6 Å². The lowest BCUT2D eigenvalue weighted by atomic mass is 9.99. The highest BCUT2D eigenvalue weighted by Gasteiger charge is 2.14. The van der Waals surface area contributed by atoms with Gasteiger partial charge in [0.05, 0.1) is 11.9 Å². The van der Waals surface area contributed by atoms with Crippen molar-refractivity contribution in [3.63, 3.8) is 0 Å². The van der Waals surface area contributed by atoms with Gasteiger partial charge in [-0.3, -0.25) is 4.79 Å². The zero-order chi connectivity index (χ0) is 9.26. The number of carbonyl (C=O) groups excluding carboxylic acids is 1. The summed E-state index contributed by atoms with van der Waals surface area (Å²) in [7, 11) is 0. The Balaban J connectivity index is 2.26. The minimum Gasteiger partial charge on any atom is -0.274 e. The predicted octanol–water partition coefficient (Wildman–Crippen LogP) is 0.852. The maximum absolute atomic E-state index is 10.8. The van der Waals surface area contributed by atoms with E-state index < -0.39 is 0 Å². The monoisotopic (exact) mass is 179 g/mol. The summed E-state index contributed by atoms with van der Waals surface area (Å²) in [6, 6.07) is 0. The molecule has 1 aliphatic carbocycles. The van der Waals surface area contributed by atoms with Crippen molar-refractivity contribution in [2.75, 3.05) is 5.43 Å². The summed E-state index contributed by atoms with van der Waals surface area (Å²) in [5.41, 5.74) is 5.13. The van der Waals surface area contributed by atoms with Gasteiger partial charge in [0.1, 0.15) is 0 Å². The highest BCUT2D eigenvalue weighted by molar-refractivity contribution is 5.80. The van der Waals surface area contributed by atoms with Crippen LogP contribution in [0, 0.1) is 0 Å². The van der Waals surface area contributed by atoms with E-state index >= 15 is 0 Å². The molecule has 13 heavy (non-hydrogen) atoms. The van der Waals surface area contributed by atoms with Gasteiger partial charge in [-0.15, -0.1) is 0 Å². The second-order valence-electron chi connectivity index (χ2n) is 3.40. The SMILES string of the molecule is CC(=O)Nn1ncc2c1CCCC2. The summed E-state index contributed by atoms with van der Waals surface area (Å²) < 4.78 is 0. The first-order valence-corrected chi connectivity index (χ1v) is 4.61. The van der Waals surface area contributed by atoms with Gasteiger partial charge in [-0.1, -0.05) is 0 Å². The number of fused-ring (bicyclic) bond motifs is 1. The van der Waals surface area contributed by atoms with E-state index in [-0.39, 0.29) is 5.91 Å². The maximum Gasteiger partial charge on any atom is 0.236 e. The van der Waals surface area contributed by atoms with Crippen LogP contribution >= 0.6 is 0 Å². The van der Waals surface area contributed by atoms with Crippen molar-refractivity contribution < 1.29 is 4.79 Å². The average Bonchev–Trinajstić information content (AvgIpc) is 2.48. The summed E-state index contributed by atoms with van der Waals surface area (Å²) >= 11 is 0. The van der Waals surface area contributed by atoms with Crippen molar-refractivity contribution >= 4 is 5.91 Å². The molecule has 1 amide bonds. The minimum atomic E-state index is -0.0727. The van der Waals surface area contributed by atoms with Crippen LogP contribution < -0.4 is 5.43 Å². The van der Waals surface area contributed by atoms with Gasteiger partial charge in [-0.05, 0) is 31.2 Å². The molecule has 1 N–H and O–H groups in total. The van der Waals surface area contributed by atoms with Crippen molar-refractivity contribution in [2.24, 2.45) is 0 Å². The summed E-state index contributed by atoms with van der Waals surface area (Å²) in [5.74, 6) is -0.0727. The number of rotatable bonds is 1. The van der Waals surface area contributed by atoms with Crippen LogP contribution in [0.2, 0.25) is 0 Å². The van der Waals surface area contributed by atoms with E-state index in [1.54, 1.807) is 4.79 Å². The predicted molar refractivity (Wildman–Crippen MR) is 48.9 cm³/mol. The van der Waals surface area contributed by atoms with Crippen LogP contribution in [0.5, 0.6) is 0 Å². The van der Waals surface area contributed by atoms with Crippen LogP contribution in [0.15, 0.2) is 6.20 Å². The van der Waals surface area contributed by atoms with E-state index in [0.717, 1.165) is 12.8 Å². The lowest BCUT2D eigenvalue weighted by Gasteiger charge is -2.13. The quantitative estimate of drug-likeness (QED) is 0.694. The van der Waals surface area contributed by atoms with Crippen molar-refractivity contribution in [2.45, 2.75) is 32.6 Å². The lowest BCUT2D eigenvalue weighted by molar-refractivity contribution is -0.115. The van der Waals surface area contributed by atoms with Crippen LogP contribution in [0.3, 0.4) is 0 Å². The van der Waals surface area contributed by atoms with Gasteiger partial charge in [0.2, 0.25) is 5.91 Å². The van der Waals surface area contributed by atoms with Gasteiger partial charge < -0.3 is 0 Å². The topological polar surface area (TPSA) is 46.9 Å². The first-order valence-electron chi connectivity index (χ1n) is 4.61. The molecule has 0 spiro atoms. The normalized spacial score (nSPS) is 15.2. The fourth-order valence-electron chi connectivity index (χ4n) is 1.74. The standard InChI is InChI=1S/C9H13N3O/c1-7(13)11-12-9-5-3-2-4-8(9)6-10-12/h6H,2-5H2,1H3,(H,11,13). The number of carbonyl (C=O) groups is 1. The van der Waals surface area contributed by atoms with E-state index in [0.29, 0.717) is 0 Å². The summed E-state index contributed by atoms with van der Waals surface area (Å²) in [4.78, 5) is 12.4. The minimum absolute atomic E-state index is 0.0727. The lowest BCUT2D eigenvalue weighted by Crippen LogP contribution is -2.24. The molecule has 0 saturated heterocycles. The van der Waals surface area contributed by atoms with Crippen LogP contribution in [0.4, 0.5) is 0 Å². The molecule has 1 aliphatic rings. The number of nitrogens with zero attached hydrogens (tertiary/aromatic N) is 2. The summed E-state index contributed by atoms with van der Waals surface area (Å²) in [5, 5.41) is 4.12. The molecule has 0 aliphatic heterocycles. The van der Waals surface area contributed by atoms with Gasteiger partial charge in [0.15, 0.2) is 0 Å². The first kappa shape index (κ1) is 8.29. The molecule has 0 bridgehead atoms. The largest absolute Gasteiger partial charge is 0.274 e. The molecule has 4 nitrogen and oxygen atoms in total. The third-order valence-electron chi connectivity index (χ3n) is 2.33.